The van der Waals surface area contributed by atoms with Gasteiger partial charge in [-0.05, 0) is 48.6 Å². The highest BCUT2D eigenvalue weighted by molar-refractivity contribution is 6.13. The molecule has 8 heteroatoms. The van der Waals surface area contributed by atoms with Gasteiger partial charge in [0, 0.05) is 36.8 Å². The molecule has 3 N–H and O–H groups in total. The van der Waals surface area contributed by atoms with Crippen molar-refractivity contribution in [1.29, 1.82) is 0 Å². The largest absolute Gasteiger partial charge is 0.379 e. The van der Waals surface area contributed by atoms with Crippen LogP contribution in [0.1, 0.15) is 25.1 Å². The summed E-state index contributed by atoms with van der Waals surface area (Å²) in [5.74, 6) is -0.0858. The standard InChI is InChI=1S/C31H31N5O3/c1-31(2)25-8-5-9-27(28(25)35-29(31)37)34-30(38)33-26-13-12-22(23-6-3-4-7-24(23)26)20-10-11-21(32-18-20)19-36-14-16-39-17-15-36/h3-13,18H,14-17,19H2,1-2H3,(H,35,37)(H2,33,34,38). The van der Waals surface area contributed by atoms with E-state index in [0.29, 0.717) is 17.1 Å². The molecule has 0 spiro atoms. The van der Waals surface area contributed by atoms with Gasteiger partial charge in [-0.3, -0.25) is 14.7 Å². The maximum atomic E-state index is 13.1. The number of hydrogen-bond acceptors (Lipinski definition) is 5. The van der Waals surface area contributed by atoms with Crippen LogP contribution in [0.2, 0.25) is 0 Å². The Kier molecular flexibility index (Phi) is 6.50. The van der Waals surface area contributed by atoms with Crippen molar-refractivity contribution in [2.45, 2.75) is 25.8 Å². The van der Waals surface area contributed by atoms with Gasteiger partial charge >= 0.3 is 6.03 Å². The molecule has 1 fully saturated rings. The first-order valence-corrected chi connectivity index (χ1v) is 13.2. The predicted octanol–water partition coefficient (Wildman–Crippen LogP) is 5.61. The van der Waals surface area contributed by atoms with Gasteiger partial charge in [-0.25, -0.2) is 4.79 Å². The first-order chi connectivity index (χ1) is 18.9. The molecule has 3 aromatic carbocycles. The molecule has 2 aliphatic heterocycles. The number of amides is 3. The summed E-state index contributed by atoms with van der Waals surface area (Å²) < 4.78 is 5.44. The van der Waals surface area contributed by atoms with E-state index in [1.54, 1.807) is 6.07 Å². The minimum absolute atomic E-state index is 0.0858. The van der Waals surface area contributed by atoms with Gasteiger partial charge in [0.05, 0.1) is 41.4 Å². The average molecular weight is 522 g/mol. The summed E-state index contributed by atoms with van der Waals surface area (Å²) in [6.07, 6.45) is 1.92. The fourth-order valence-corrected chi connectivity index (χ4v) is 5.31. The summed E-state index contributed by atoms with van der Waals surface area (Å²) in [6.45, 7) is 7.95. The van der Waals surface area contributed by atoms with Crippen LogP contribution in [0, 0.1) is 0 Å². The van der Waals surface area contributed by atoms with Crippen molar-refractivity contribution in [3.05, 3.63) is 84.2 Å². The van der Waals surface area contributed by atoms with Gasteiger partial charge in [0.25, 0.3) is 0 Å². The molecule has 0 atom stereocenters. The smallest absolute Gasteiger partial charge is 0.323 e. The Morgan fingerprint density at radius 3 is 2.49 bits per heavy atom. The van der Waals surface area contributed by atoms with E-state index in [-0.39, 0.29) is 11.9 Å². The topological polar surface area (TPSA) is 95.6 Å². The highest BCUT2D eigenvalue weighted by Crippen LogP contribution is 2.41. The number of nitrogens with zero attached hydrogens (tertiary/aromatic N) is 2. The molecule has 0 unspecified atom stereocenters. The third kappa shape index (κ3) is 4.84. The van der Waals surface area contributed by atoms with Gasteiger partial charge < -0.3 is 20.7 Å². The molecular weight excluding hydrogens is 490 g/mol. The molecule has 1 aromatic heterocycles. The third-order valence-electron chi connectivity index (χ3n) is 7.59. The normalized spacial score (nSPS) is 16.5. The molecule has 4 aromatic rings. The van der Waals surface area contributed by atoms with Crippen LogP contribution >= 0.6 is 0 Å². The molecule has 39 heavy (non-hydrogen) atoms. The Morgan fingerprint density at radius 1 is 0.949 bits per heavy atom. The van der Waals surface area contributed by atoms with Crippen LogP contribution in [0.5, 0.6) is 0 Å². The zero-order valence-electron chi connectivity index (χ0n) is 22.1. The summed E-state index contributed by atoms with van der Waals surface area (Å²) in [7, 11) is 0. The Hall–Kier alpha value is -4.27. The summed E-state index contributed by atoms with van der Waals surface area (Å²) in [5, 5.41) is 10.8. The van der Waals surface area contributed by atoms with Crippen molar-refractivity contribution in [3.63, 3.8) is 0 Å². The van der Waals surface area contributed by atoms with E-state index in [9.17, 15) is 9.59 Å². The van der Waals surface area contributed by atoms with Crippen LogP contribution in [0.3, 0.4) is 0 Å². The summed E-state index contributed by atoms with van der Waals surface area (Å²) >= 11 is 0. The Labute approximate surface area is 227 Å². The van der Waals surface area contributed by atoms with Gasteiger partial charge in [-0.15, -0.1) is 0 Å². The van der Waals surface area contributed by atoms with Crippen molar-refractivity contribution in [3.8, 4) is 11.1 Å². The van der Waals surface area contributed by atoms with E-state index >= 15 is 0 Å². The SMILES string of the molecule is CC1(C)C(=O)Nc2c(NC(=O)Nc3ccc(-c4ccc(CN5CCOCC5)nc4)c4ccccc34)cccc21. The number of hydrogen-bond donors (Lipinski definition) is 3. The van der Waals surface area contributed by atoms with Gasteiger partial charge in [0.1, 0.15) is 0 Å². The molecule has 0 saturated carbocycles. The highest BCUT2D eigenvalue weighted by atomic mass is 16.5. The zero-order valence-corrected chi connectivity index (χ0v) is 22.1. The number of fused-ring (bicyclic) bond motifs is 2. The average Bonchev–Trinajstić information content (AvgIpc) is 3.19. The molecule has 198 valence electrons. The number of benzene rings is 3. The number of carbonyl (C=O) groups excluding carboxylic acids is 2. The second-order valence-electron chi connectivity index (χ2n) is 10.5. The van der Waals surface area contributed by atoms with Crippen LogP contribution in [0.25, 0.3) is 21.9 Å². The number of ether oxygens (including phenoxy) is 1. The van der Waals surface area contributed by atoms with Crippen LogP contribution in [0.4, 0.5) is 21.9 Å². The van der Waals surface area contributed by atoms with E-state index in [1.165, 1.54) is 0 Å². The monoisotopic (exact) mass is 521 g/mol. The summed E-state index contributed by atoms with van der Waals surface area (Å²) in [6, 6.07) is 21.3. The van der Waals surface area contributed by atoms with Crippen molar-refractivity contribution < 1.29 is 14.3 Å². The molecule has 1 saturated heterocycles. The van der Waals surface area contributed by atoms with E-state index in [1.807, 2.05) is 62.5 Å². The lowest BCUT2D eigenvalue weighted by Gasteiger charge is -2.26. The fraction of sp³-hybridized carbons (Fsp3) is 0.258. The van der Waals surface area contributed by atoms with Crippen molar-refractivity contribution in [2.75, 3.05) is 42.3 Å². The molecule has 6 rings (SSSR count). The molecule has 8 nitrogen and oxygen atoms in total. The number of rotatable bonds is 5. The lowest BCUT2D eigenvalue weighted by Crippen LogP contribution is -2.35. The van der Waals surface area contributed by atoms with Gasteiger partial charge in [0.15, 0.2) is 0 Å². The van der Waals surface area contributed by atoms with Crippen LogP contribution in [-0.4, -0.2) is 48.1 Å². The molecule has 2 aliphatic rings. The molecule has 0 aliphatic carbocycles. The van der Waals surface area contributed by atoms with Crippen LogP contribution in [-0.2, 0) is 21.5 Å². The highest BCUT2D eigenvalue weighted by Gasteiger charge is 2.39. The minimum atomic E-state index is -0.648. The number of urea groups is 1. The van der Waals surface area contributed by atoms with E-state index in [0.717, 1.165) is 66.0 Å². The Morgan fingerprint density at radius 2 is 1.72 bits per heavy atom. The van der Waals surface area contributed by atoms with Gasteiger partial charge in [-0.2, -0.15) is 0 Å². The number of morpholine rings is 1. The molecule has 3 heterocycles. The summed E-state index contributed by atoms with van der Waals surface area (Å²) in [4.78, 5) is 32.6. The number of aromatic nitrogens is 1. The number of anilines is 3. The van der Waals surface area contributed by atoms with Crippen LogP contribution in [0.15, 0.2) is 72.9 Å². The van der Waals surface area contributed by atoms with E-state index in [2.05, 4.69) is 39.0 Å². The first-order valence-electron chi connectivity index (χ1n) is 13.2. The number of pyridine rings is 1. The van der Waals surface area contributed by atoms with E-state index < -0.39 is 5.41 Å². The van der Waals surface area contributed by atoms with Crippen molar-refractivity contribution in [2.24, 2.45) is 0 Å². The lowest BCUT2D eigenvalue weighted by atomic mass is 9.86. The maximum Gasteiger partial charge on any atom is 0.323 e. The first kappa shape index (κ1) is 25.0. The number of carbonyl (C=O) groups is 2. The second-order valence-corrected chi connectivity index (χ2v) is 10.5. The third-order valence-corrected chi connectivity index (χ3v) is 7.59. The molecule has 3 amide bonds. The zero-order chi connectivity index (χ0) is 27.0. The molecular formula is C31H31N5O3. The lowest BCUT2D eigenvalue weighted by molar-refractivity contribution is -0.119. The number of nitrogens with one attached hydrogen (secondary N) is 3. The van der Waals surface area contributed by atoms with Crippen molar-refractivity contribution in [1.82, 2.24) is 9.88 Å². The Balaban J connectivity index is 1.22. The van der Waals surface area contributed by atoms with Crippen molar-refractivity contribution >= 4 is 39.8 Å². The van der Waals surface area contributed by atoms with E-state index in [4.69, 9.17) is 9.72 Å². The Bertz CT molecular complexity index is 1560. The quantitative estimate of drug-likeness (QED) is 0.317. The number of para-hydroxylation sites is 1. The maximum absolute atomic E-state index is 13.1. The summed E-state index contributed by atoms with van der Waals surface area (Å²) in [5.41, 5.74) is 5.22. The minimum Gasteiger partial charge on any atom is -0.379 e. The van der Waals surface area contributed by atoms with Gasteiger partial charge in [0.2, 0.25) is 5.91 Å². The fourth-order valence-electron chi connectivity index (χ4n) is 5.31. The van der Waals surface area contributed by atoms with Gasteiger partial charge in [-0.1, -0.05) is 48.5 Å². The second kappa shape index (κ2) is 10.1. The molecule has 0 radical (unpaired) electrons. The molecule has 0 bridgehead atoms. The predicted molar refractivity (Wildman–Crippen MR) is 154 cm³/mol. The van der Waals surface area contributed by atoms with Crippen LogP contribution < -0.4 is 16.0 Å².